The predicted molar refractivity (Wildman–Crippen MR) is 122 cm³/mol. The van der Waals surface area contributed by atoms with Crippen LogP contribution in [0, 0.1) is 0 Å². The van der Waals surface area contributed by atoms with Crippen molar-refractivity contribution in [3.8, 4) is 0 Å². The van der Waals surface area contributed by atoms with Crippen molar-refractivity contribution in [2.45, 2.75) is 43.9 Å². The van der Waals surface area contributed by atoms with Crippen LogP contribution in [0.15, 0.2) is 47.5 Å². The summed E-state index contributed by atoms with van der Waals surface area (Å²) < 4.78 is 27.6. The maximum absolute atomic E-state index is 13.1. The number of likely N-dealkylation sites (N-methyl/N-ethyl adjacent to an activating group) is 1. The van der Waals surface area contributed by atoms with Gasteiger partial charge in [-0.05, 0) is 68.8 Å². The molecule has 0 fully saturated rings. The van der Waals surface area contributed by atoms with Crippen molar-refractivity contribution in [1.82, 2.24) is 9.21 Å². The molecule has 1 atom stereocenters. The summed E-state index contributed by atoms with van der Waals surface area (Å²) in [6.45, 7) is 6.37. The van der Waals surface area contributed by atoms with E-state index in [1.165, 1.54) is 4.31 Å². The number of hydrogen-bond acceptors (Lipinski definition) is 4. The molecule has 0 aliphatic carbocycles. The van der Waals surface area contributed by atoms with Crippen molar-refractivity contribution in [1.29, 1.82) is 0 Å². The molecule has 1 aliphatic heterocycles. The summed E-state index contributed by atoms with van der Waals surface area (Å²) in [5, 5.41) is 11.9. The number of aliphatic hydroxyl groups excluding tert-OH is 1. The number of aliphatic hydroxyl groups is 1. The van der Waals surface area contributed by atoms with Crippen LogP contribution in [0.25, 0.3) is 6.08 Å². The molecule has 2 aromatic carbocycles. The Morgan fingerprint density at radius 1 is 1.13 bits per heavy atom. The Labute approximate surface area is 188 Å². The van der Waals surface area contributed by atoms with Crippen molar-refractivity contribution >= 4 is 39.3 Å². The monoisotopic (exact) mass is 468 g/mol. The van der Waals surface area contributed by atoms with Gasteiger partial charge in [-0.1, -0.05) is 41.4 Å². The average Bonchev–Trinajstić information content (AvgIpc) is 2.62. The first kappa shape index (κ1) is 23.1. The van der Waals surface area contributed by atoms with E-state index in [4.69, 9.17) is 23.2 Å². The first-order valence-corrected chi connectivity index (χ1v) is 11.8. The average molecular weight is 469 g/mol. The van der Waals surface area contributed by atoms with E-state index in [1.807, 2.05) is 38.8 Å². The van der Waals surface area contributed by atoms with E-state index < -0.39 is 21.7 Å². The zero-order chi connectivity index (χ0) is 22.3. The van der Waals surface area contributed by atoms with Crippen LogP contribution in [0.4, 0.5) is 0 Å². The largest absolute Gasteiger partial charge is 0.387 e. The zero-order valence-electron chi connectivity index (χ0n) is 17.4. The van der Waals surface area contributed by atoms with Crippen molar-refractivity contribution in [2.24, 2.45) is 0 Å². The van der Waals surface area contributed by atoms with Gasteiger partial charge in [0.1, 0.15) is 0 Å². The zero-order valence-corrected chi connectivity index (χ0v) is 19.8. The molecule has 0 spiro atoms. The quantitative estimate of drug-likeness (QED) is 0.675. The fourth-order valence-corrected chi connectivity index (χ4v) is 5.78. The molecule has 3 rings (SSSR count). The van der Waals surface area contributed by atoms with Gasteiger partial charge >= 0.3 is 0 Å². The Morgan fingerprint density at radius 3 is 2.47 bits per heavy atom. The molecule has 162 valence electrons. The van der Waals surface area contributed by atoms with Gasteiger partial charge in [0.15, 0.2) is 0 Å². The Hall–Kier alpha value is -1.57. The molecule has 8 heteroatoms. The highest BCUT2D eigenvalue weighted by Gasteiger charge is 2.35. The van der Waals surface area contributed by atoms with Crippen LogP contribution in [-0.4, -0.2) is 41.9 Å². The van der Waals surface area contributed by atoms with Gasteiger partial charge in [0.05, 0.1) is 11.0 Å². The molecule has 5 nitrogen and oxygen atoms in total. The third kappa shape index (κ3) is 4.84. The van der Waals surface area contributed by atoms with Gasteiger partial charge < -0.3 is 5.11 Å². The van der Waals surface area contributed by atoms with E-state index in [9.17, 15) is 13.5 Å². The standard InChI is InChI=1S/C22H26Cl2N2O3S/c1-22(2,3)26-10-9-15-5-6-16(11-21(15)30(26,28)29)20(27)14-25(4)13-17-7-8-18(23)12-19(17)24/h5-12,20,27H,13-14H2,1-4H3. The van der Waals surface area contributed by atoms with E-state index in [1.54, 1.807) is 42.6 Å². The van der Waals surface area contributed by atoms with Gasteiger partial charge in [-0.25, -0.2) is 8.42 Å². The number of nitrogens with zero attached hydrogens (tertiary/aromatic N) is 2. The minimum absolute atomic E-state index is 0.208. The smallest absolute Gasteiger partial charge is 0.264 e. The molecule has 0 amide bonds. The number of halogens is 2. The van der Waals surface area contributed by atoms with Crippen LogP contribution < -0.4 is 0 Å². The second-order valence-corrected chi connectivity index (χ2v) is 11.2. The summed E-state index contributed by atoms with van der Waals surface area (Å²) >= 11 is 12.2. The second-order valence-electron chi connectivity index (χ2n) is 8.53. The molecule has 1 aliphatic rings. The highest BCUT2D eigenvalue weighted by molar-refractivity contribution is 7.89. The normalized spacial score (nSPS) is 16.6. The maximum Gasteiger partial charge on any atom is 0.264 e. The first-order valence-electron chi connectivity index (χ1n) is 9.57. The molecule has 0 bridgehead atoms. The molecule has 0 saturated heterocycles. The lowest BCUT2D eigenvalue weighted by atomic mass is 10.1. The number of sulfonamides is 1. The van der Waals surface area contributed by atoms with Crippen LogP contribution >= 0.6 is 23.2 Å². The van der Waals surface area contributed by atoms with E-state index in [2.05, 4.69) is 0 Å². The molecule has 1 heterocycles. The molecule has 1 unspecified atom stereocenters. The van der Waals surface area contributed by atoms with Crippen molar-refractivity contribution in [2.75, 3.05) is 13.6 Å². The summed E-state index contributed by atoms with van der Waals surface area (Å²) in [6.07, 6.45) is 2.53. The number of hydrogen-bond donors (Lipinski definition) is 1. The van der Waals surface area contributed by atoms with Gasteiger partial charge in [0.25, 0.3) is 10.0 Å². The molecule has 0 aromatic heterocycles. The number of rotatable bonds is 5. The fraction of sp³-hybridized carbons (Fsp3) is 0.364. The molecule has 0 saturated carbocycles. The minimum atomic E-state index is -3.69. The molecule has 0 radical (unpaired) electrons. The lowest BCUT2D eigenvalue weighted by Gasteiger charge is -2.36. The maximum atomic E-state index is 13.1. The minimum Gasteiger partial charge on any atom is -0.387 e. The third-order valence-corrected chi connectivity index (χ3v) is 7.63. The molecule has 1 N–H and O–H groups in total. The number of benzene rings is 2. The summed E-state index contributed by atoms with van der Waals surface area (Å²) in [5.74, 6) is 0. The van der Waals surface area contributed by atoms with Gasteiger partial charge in [-0.2, -0.15) is 0 Å². The van der Waals surface area contributed by atoms with Crippen LogP contribution in [0.2, 0.25) is 10.0 Å². The Kier molecular flexibility index (Phi) is 6.56. The van der Waals surface area contributed by atoms with E-state index >= 15 is 0 Å². The van der Waals surface area contributed by atoms with Crippen molar-refractivity contribution in [3.05, 3.63) is 69.3 Å². The second kappa shape index (κ2) is 8.52. The SMILES string of the molecule is CN(Cc1ccc(Cl)cc1Cl)CC(O)c1ccc2c(c1)S(=O)(=O)N(C(C)(C)C)C=C2. The topological polar surface area (TPSA) is 60.9 Å². The molecule has 2 aromatic rings. The predicted octanol–water partition coefficient (Wildman–Crippen LogP) is 4.93. The lowest BCUT2D eigenvalue weighted by Crippen LogP contribution is -2.43. The van der Waals surface area contributed by atoms with Gasteiger partial charge in [-0.3, -0.25) is 9.21 Å². The lowest BCUT2D eigenvalue weighted by molar-refractivity contribution is 0.123. The van der Waals surface area contributed by atoms with E-state index in [-0.39, 0.29) is 4.90 Å². The fourth-order valence-electron chi connectivity index (χ4n) is 3.44. The Balaban J connectivity index is 1.80. The highest BCUT2D eigenvalue weighted by atomic mass is 35.5. The Morgan fingerprint density at radius 2 is 1.83 bits per heavy atom. The van der Waals surface area contributed by atoms with E-state index in [0.29, 0.717) is 34.3 Å². The molecular formula is C22H26Cl2N2O3S. The van der Waals surface area contributed by atoms with Crippen molar-refractivity contribution < 1.29 is 13.5 Å². The summed E-state index contributed by atoms with van der Waals surface area (Å²) in [6, 6.07) is 10.4. The van der Waals surface area contributed by atoms with Crippen LogP contribution in [-0.2, 0) is 16.6 Å². The third-order valence-electron chi connectivity index (χ3n) is 4.95. The summed E-state index contributed by atoms with van der Waals surface area (Å²) in [5.41, 5.74) is 1.48. The van der Waals surface area contributed by atoms with E-state index in [0.717, 1.165) is 5.56 Å². The highest BCUT2D eigenvalue weighted by Crippen LogP contribution is 2.34. The van der Waals surface area contributed by atoms with Gasteiger partial charge in [0.2, 0.25) is 0 Å². The number of fused-ring (bicyclic) bond motifs is 1. The van der Waals surface area contributed by atoms with Gasteiger partial charge in [-0.15, -0.1) is 0 Å². The first-order chi connectivity index (χ1) is 13.9. The summed E-state index contributed by atoms with van der Waals surface area (Å²) in [7, 11) is -1.82. The van der Waals surface area contributed by atoms with Crippen LogP contribution in [0.1, 0.15) is 43.6 Å². The Bertz CT molecular complexity index is 1080. The summed E-state index contributed by atoms with van der Waals surface area (Å²) in [4.78, 5) is 2.13. The van der Waals surface area contributed by atoms with Crippen LogP contribution in [0.5, 0.6) is 0 Å². The molecule has 30 heavy (non-hydrogen) atoms. The molecular weight excluding hydrogens is 443 g/mol. The van der Waals surface area contributed by atoms with Crippen LogP contribution in [0.3, 0.4) is 0 Å². The van der Waals surface area contributed by atoms with Gasteiger partial charge in [0, 0.05) is 34.9 Å². The van der Waals surface area contributed by atoms with Crippen molar-refractivity contribution in [3.63, 3.8) is 0 Å².